The van der Waals surface area contributed by atoms with E-state index >= 15 is 0 Å². The monoisotopic (exact) mass is 242 g/mol. The zero-order chi connectivity index (χ0) is 13.3. The van der Waals surface area contributed by atoms with Crippen LogP contribution in [0.5, 0.6) is 0 Å². The van der Waals surface area contributed by atoms with Gasteiger partial charge in [0.2, 0.25) is 0 Å². The highest BCUT2D eigenvalue weighted by atomic mass is 19.1. The molecule has 1 heteroatoms. The first-order chi connectivity index (χ1) is 8.39. The summed E-state index contributed by atoms with van der Waals surface area (Å²) < 4.78 is 14.1. The Balaban J connectivity index is 2.63. The van der Waals surface area contributed by atoms with Crippen molar-refractivity contribution in [2.45, 2.75) is 33.1 Å². The molecule has 0 aliphatic heterocycles. The summed E-state index contributed by atoms with van der Waals surface area (Å²) in [7, 11) is 0. The molecule has 0 amide bonds. The summed E-state index contributed by atoms with van der Waals surface area (Å²) in [6.45, 7) is 8.43. The molecule has 0 nitrogen and oxygen atoms in total. The Morgan fingerprint density at radius 3 is 2.11 bits per heavy atom. The van der Waals surface area contributed by atoms with E-state index in [1.807, 2.05) is 43.3 Å². The van der Waals surface area contributed by atoms with Crippen LogP contribution in [0.15, 0.2) is 42.5 Å². The number of aryl methyl sites for hydroxylation is 1. The Labute approximate surface area is 108 Å². The van der Waals surface area contributed by atoms with E-state index < -0.39 is 0 Å². The SMILES string of the molecule is Cc1cc(F)c(-c2ccccc2)cc1C(C)(C)C. The van der Waals surface area contributed by atoms with E-state index in [0.29, 0.717) is 5.56 Å². The number of halogens is 1. The molecule has 0 heterocycles. The predicted octanol–water partition coefficient (Wildman–Crippen LogP) is 5.10. The lowest BCUT2D eigenvalue weighted by Crippen LogP contribution is -2.13. The van der Waals surface area contributed by atoms with Crippen LogP contribution >= 0.6 is 0 Å². The predicted molar refractivity (Wildman–Crippen MR) is 75.3 cm³/mol. The van der Waals surface area contributed by atoms with Gasteiger partial charge in [0.25, 0.3) is 0 Å². The Morgan fingerprint density at radius 1 is 0.944 bits per heavy atom. The molecule has 2 rings (SSSR count). The second-order valence-electron chi connectivity index (χ2n) is 5.76. The summed E-state index contributed by atoms with van der Waals surface area (Å²) in [4.78, 5) is 0. The molecule has 0 atom stereocenters. The molecule has 0 fully saturated rings. The summed E-state index contributed by atoms with van der Waals surface area (Å²) in [5.74, 6) is -0.147. The minimum Gasteiger partial charge on any atom is -0.206 e. The standard InChI is InChI=1S/C17H19F/c1-12-10-16(18)14(11-15(12)17(2,3)4)13-8-6-5-7-9-13/h5-11H,1-4H3. The molecular weight excluding hydrogens is 223 g/mol. The molecule has 0 spiro atoms. The van der Waals surface area contributed by atoms with Crippen LogP contribution in [0.25, 0.3) is 11.1 Å². The molecule has 18 heavy (non-hydrogen) atoms. The van der Waals surface area contributed by atoms with Crippen LogP contribution in [0.1, 0.15) is 31.9 Å². The molecular formula is C17H19F. The van der Waals surface area contributed by atoms with Crippen LogP contribution < -0.4 is 0 Å². The highest BCUT2D eigenvalue weighted by Crippen LogP contribution is 2.32. The van der Waals surface area contributed by atoms with Gasteiger partial charge < -0.3 is 0 Å². The Morgan fingerprint density at radius 2 is 1.56 bits per heavy atom. The smallest absolute Gasteiger partial charge is 0.131 e. The lowest BCUT2D eigenvalue weighted by atomic mass is 9.82. The fraction of sp³-hybridized carbons (Fsp3) is 0.294. The van der Waals surface area contributed by atoms with Crippen LogP contribution in [-0.2, 0) is 5.41 Å². The fourth-order valence-electron chi connectivity index (χ4n) is 2.32. The maximum Gasteiger partial charge on any atom is 0.131 e. The van der Waals surface area contributed by atoms with E-state index in [1.165, 1.54) is 5.56 Å². The van der Waals surface area contributed by atoms with Crippen molar-refractivity contribution in [3.63, 3.8) is 0 Å². The van der Waals surface area contributed by atoms with Gasteiger partial charge in [0.05, 0.1) is 0 Å². The summed E-state index contributed by atoms with van der Waals surface area (Å²) in [5, 5.41) is 0. The van der Waals surface area contributed by atoms with Crippen LogP contribution in [0.2, 0.25) is 0 Å². The van der Waals surface area contributed by atoms with Crippen LogP contribution in [0, 0.1) is 12.7 Å². The second-order valence-corrected chi connectivity index (χ2v) is 5.76. The quantitative estimate of drug-likeness (QED) is 0.652. The fourth-order valence-corrected chi connectivity index (χ4v) is 2.32. The molecule has 0 unspecified atom stereocenters. The first-order valence-electron chi connectivity index (χ1n) is 6.25. The third-order valence-electron chi connectivity index (χ3n) is 3.21. The van der Waals surface area contributed by atoms with Gasteiger partial charge >= 0.3 is 0 Å². The van der Waals surface area contributed by atoms with E-state index in [-0.39, 0.29) is 11.2 Å². The first-order valence-corrected chi connectivity index (χ1v) is 6.25. The van der Waals surface area contributed by atoms with Gasteiger partial charge in [-0.2, -0.15) is 0 Å². The van der Waals surface area contributed by atoms with Gasteiger partial charge in [-0.25, -0.2) is 4.39 Å². The van der Waals surface area contributed by atoms with E-state index in [0.717, 1.165) is 11.1 Å². The van der Waals surface area contributed by atoms with Gasteiger partial charge in [0, 0.05) is 5.56 Å². The minimum absolute atomic E-state index is 0.0291. The number of hydrogen-bond donors (Lipinski definition) is 0. The second kappa shape index (κ2) is 4.56. The third kappa shape index (κ3) is 2.45. The number of rotatable bonds is 1. The largest absolute Gasteiger partial charge is 0.206 e. The topological polar surface area (TPSA) is 0 Å². The first kappa shape index (κ1) is 12.8. The lowest BCUT2D eigenvalue weighted by Gasteiger charge is -2.23. The highest BCUT2D eigenvalue weighted by molar-refractivity contribution is 5.66. The van der Waals surface area contributed by atoms with E-state index in [1.54, 1.807) is 6.07 Å². The average molecular weight is 242 g/mol. The highest BCUT2D eigenvalue weighted by Gasteiger charge is 2.19. The van der Waals surface area contributed by atoms with Crippen molar-refractivity contribution in [3.8, 4) is 11.1 Å². The number of benzene rings is 2. The van der Waals surface area contributed by atoms with Crippen molar-refractivity contribution in [1.29, 1.82) is 0 Å². The van der Waals surface area contributed by atoms with Crippen LogP contribution in [0.3, 0.4) is 0 Å². The summed E-state index contributed by atoms with van der Waals surface area (Å²) in [6, 6.07) is 13.3. The molecule has 0 N–H and O–H groups in total. The molecule has 0 saturated carbocycles. The normalized spacial score (nSPS) is 11.6. The summed E-state index contributed by atoms with van der Waals surface area (Å²) >= 11 is 0. The van der Waals surface area contributed by atoms with Crippen molar-refractivity contribution in [1.82, 2.24) is 0 Å². The van der Waals surface area contributed by atoms with Crippen molar-refractivity contribution >= 4 is 0 Å². The van der Waals surface area contributed by atoms with Gasteiger partial charge in [0.1, 0.15) is 5.82 Å². The van der Waals surface area contributed by atoms with E-state index in [2.05, 4.69) is 20.8 Å². The molecule has 0 aliphatic carbocycles. The zero-order valence-electron chi connectivity index (χ0n) is 11.4. The molecule has 0 aliphatic rings. The van der Waals surface area contributed by atoms with Gasteiger partial charge in [-0.1, -0.05) is 51.1 Å². The zero-order valence-corrected chi connectivity index (χ0v) is 11.4. The van der Waals surface area contributed by atoms with E-state index in [4.69, 9.17) is 0 Å². The molecule has 0 bridgehead atoms. The van der Waals surface area contributed by atoms with Gasteiger partial charge in [-0.15, -0.1) is 0 Å². The van der Waals surface area contributed by atoms with Gasteiger partial charge in [-0.3, -0.25) is 0 Å². The molecule has 2 aromatic rings. The van der Waals surface area contributed by atoms with Gasteiger partial charge in [-0.05, 0) is 41.2 Å². The molecule has 94 valence electrons. The Kier molecular flexibility index (Phi) is 3.25. The summed E-state index contributed by atoms with van der Waals surface area (Å²) in [6.07, 6.45) is 0. The van der Waals surface area contributed by atoms with Crippen LogP contribution in [0.4, 0.5) is 4.39 Å². The summed E-state index contributed by atoms with van der Waals surface area (Å²) in [5.41, 5.74) is 3.86. The lowest BCUT2D eigenvalue weighted by molar-refractivity contribution is 0.579. The maximum atomic E-state index is 14.1. The maximum absolute atomic E-state index is 14.1. The minimum atomic E-state index is -0.147. The Bertz CT molecular complexity index is 548. The average Bonchev–Trinajstić information content (AvgIpc) is 2.28. The van der Waals surface area contributed by atoms with Crippen LogP contribution in [-0.4, -0.2) is 0 Å². The van der Waals surface area contributed by atoms with Crippen molar-refractivity contribution in [2.75, 3.05) is 0 Å². The molecule has 2 aromatic carbocycles. The Hall–Kier alpha value is -1.63. The van der Waals surface area contributed by atoms with E-state index in [9.17, 15) is 4.39 Å². The molecule has 0 aromatic heterocycles. The van der Waals surface area contributed by atoms with Crippen molar-refractivity contribution < 1.29 is 4.39 Å². The molecule has 0 saturated heterocycles. The van der Waals surface area contributed by atoms with Gasteiger partial charge in [0.15, 0.2) is 0 Å². The van der Waals surface area contributed by atoms with Crippen molar-refractivity contribution in [3.05, 3.63) is 59.4 Å². The van der Waals surface area contributed by atoms with Crippen molar-refractivity contribution in [2.24, 2.45) is 0 Å². The third-order valence-corrected chi connectivity index (χ3v) is 3.21. The molecule has 0 radical (unpaired) electrons. The number of hydrogen-bond acceptors (Lipinski definition) is 0.